The quantitative estimate of drug-likeness (QED) is 0.0746. The number of ether oxygens (including phenoxy) is 4. The number of anilines is 2. The summed E-state index contributed by atoms with van der Waals surface area (Å²) in [7, 11) is 6.12. The van der Waals surface area contributed by atoms with Crippen LogP contribution in [0.4, 0.5) is 11.4 Å². The van der Waals surface area contributed by atoms with E-state index in [4.69, 9.17) is 18.9 Å². The molecule has 0 spiro atoms. The van der Waals surface area contributed by atoms with Gasteiger partial charge in [-0.1, -0.05) is 187 Å². The van der Waals surface area contributed by atoms with Crippen molar-refractivity contribution in [1.29, 1.82) is 0 Å². The topological polar surface area (TPSA) is 153 Å². The van der Waals surface area contributed by atoms with Gasteiger partial charge in [0, 0.05) is 22.0 Å². The first-order valence-corrected chi connectivity index (χ1v) is 27.3. The summed E-state index contributed by atoms with van der Waals surface area (Å²) in [6.45, 7) is 14.9. The first-order chi connectivity index (χ1) is 39.3. The minimum Gasteiger partial charge on any atom is -0.496 e. The Balaban J connectivity index is 1.26. The van der Waals surface area contributed by atoms with Crippen LogP contribution < -0.4 is 40.2 Å². The second-order valence-electron chi connectivity index (χ2n) is 22.5. The molecule has 4 amide bonds. The van der Waals surface area contributed by atoms with Crippen LogP contribution in [0.1, 0.15) is 99.3 Å². The zero-order chi connectivity index (χ0) is 58.6. The fourth-order valence-electron chi connectivity index (χ4n) is 10.3. The lowest BCUT2D eigenvalue weighted by molar-refractivity contribution is -0.124. The molecule has 0 saturated carbocycles. The molecule has 0 aliphatic heterocycles. The molecule has 0 aliphatic rings. The number of hydrogen-bond acceptors (Lipinski definition) is 8. The predicted molar refractivity (Wildman–Crippen MR) is 330 cm³/mol. The maximum Gasteiger partial charge on any atom is 0.259 e. The van der Waals surface area contributed by atoms with Gasteiger partial charge in [-0.15, -0.1) is 0 Å². The van der Waals surface area contributed by atoms with Gasteiger partial charge in [0.05, 0.1) is 51.9 Å². The van der Waals surface area contributed by atoms with Crippen molar-refractivity contribution >= 4 is 56.5 Å². The van der Waals surface area contributed by atoms with Crippen LogP contribution in [0.2, 0.25) is 0 Å². The lowest BCUT2D eigenvalue weighted by Gasteiger charge is -2.27. The molecule has 12 heteroatoms. The molecule has 0 radical (unpaired) electrons. The van der Waals surface area contributed by atoms with Crippen molar-refractivity contribution in [2.24, 2.45) is 10.8 Å². The van der Waals surface area contributed by atoms with Gasteiger partial charge >= 0.3 is 0 Å². The second kappa shape index (κ2) is 23.7. The van der Waals surface area contributed by atoms with Crippen LogP contribution in [0.25, 0.3) is 66.1 Å². The van der Waals surface area contributed by atoms with Crippen molar-refractivity contribution in [3.05, 3.63) is 192 Å². The average Bonchev–Trinajstić information content (AvgIpc) is 2.21. The van der Waals surface area contributed by atoms with Crippen molar-refractivity contribution in [3.63, 3.8) is 0 Å². The van der Waals surface area contributed by atoms with E-state index in [9.17, 15) is 19.2 Å². The molecule has 0 aliphatic carbocycles. The molecule has 0 unspecified atom stereocenters. The fourth-order valence-corrected chi connectivity index (χ4v) is 10.3. The van der Waals surface area contributed by atoms with E-state index in [1.807, 2.05) is 225 Å². The Morgan fingerprint density at radius 2 is 0.683 bits per heavy atom. The van der Waals surface area contributed by atoms with Gasteiger partial charge in [0.25, 0.3) is 11.8 Å². The third-order valence-corrected chi connectivity index (χ3v) is 14.8. The molecular weight excluding hydrogens is 1020 g/mol. The zero-order valence-electron chi connectivity index (χ0n) is 48.6. The highest BCUT2D eigenvalue weighted by atomic mass is 16.5. The number of carbonyl (C=O) groups is 4. The first-order valence-electron chi connectivity index (χ1n) is 27.3. The molecule has 9 aromatic rings. The van der Waals surface area contributed by atoms with E-state index in [0.717, 1.165) is 54.9 Å². The third-order valence-electron chi connectivity index (χ3n) is 14.8. The summed E-state index contributed by atoms with van der Waals surface area (Å²) in [6.07, 6.45) is 0. The van der Waals surface area contributed by atoms with Gasteiger partial charge in [0.2, 0.25) is 11.8 Å². The van der Waals surface area contributed by atoms with Gasteiger partial charge in [-0.25, -0.2) is 0 Å². The summed E-state index contributed by atoms with van der Waals surface area (Å²) < 4.78 is 24.0. The Kier molecular flexibility index (Phi) is 16.6. The van der Waals surface area contributed by atoms with E-state index in [1.54, 1.807) is 0 Å². The van der Waals surface area contributed by atoms with Crippen LogP contribution in [0.3, 0.4) is 0 Å². The molecule has 9 rings (SSSR count). The highest BCUT2D eigenvalue weighted by Crippen LogP contribution is 2.50. The Hall–Kier alpha value is -9.42. The van der Waals surface area contributed by atoms with Crippen molar-refractivity contribution < 1.29 is 38.1 Å². The van der Waals surface area contributed by atoms with Gasteiger partial charge in [-0.2, -0.15) is 0 Å². The molecule has 418 valence electrons. The largest absolute Gasteiger partial charge is 0.496 e. The Morgan fingerprint density at radius 3 is 0.976 bits per heavy atom. The third kappa shape index (κ3) is 11.6. The van der Waals surface area contributed by atoms with E-state index < -0.39 is 10.8 Å². The number of carbonyl (C=O) groups excluding carboxylic acids is 4. The molecule has 2 atom stereocenters. The lowest BCUT2D eigenvalue weighted by atomic mass is 9.86. The predicted octanol–water partition coefficient (Wildman–Crippen LogP) is 15.6. The Bertz CT molecular complexity index is 3580. The number of amides is 4. The fraction of sp³-hybridized carbons (Fsp3) is 0.229. The van der Waals surface area contributed by atoms with Gasteiger partial charge in [0.1, 0.15) is 34.1 Å². The molecular formula is C70H70N4O8. The molecule has 82 heavy (non-hydrogen) atoms. The standard InChI is InChI=1S/C70H70N4O8/c1-41(43-23-15-13-16-24-43)71-65(75)61-55(79-9)37-47(38-56(61)80-10)49-31-19-27-45-29-21-33-51(59(45)49)53-35-36-54(64(74-68(78)70(6,7)8)63(53)73-67(77)69(3,4)5)52-34-22-30-46-28-20-32-50(60(46)52)48-39-57(81-11)62(58(40-48)82-12)66(76)72-42(2)44-25-17-14-18-26-44/h13-42H,1-12H3,(H,71,75)(H,72,76)(H,73,77)(H,74,78)/t41-,42-/m1/s1. The summed E-state index contributed by atoms with van der Waals surface area (Å²) in [6, 6.07) is 54.2. The minimum absolute atomic E-state index is 0.252. The molecule has 4 N–H and O–H groups in total. The summed E-state index contributed by atoms with van der Waals surface area (Å²) in [5, 5.41) is 16.4. The second-order valence-corrected chi connectivity index (χ2v) is 22.5. The van der Waals surface area contributed by atoms with Gasteiger partial charge in [-0.3, -0.25) is 19.2 Å². The van der Waals surface area contributed by atoms with E-state index in [1.165, 1.54) is 28.4 Å². The van der Waals surface area contributed by atoms with Crippen LogP contribution in [-0.4, -0.2) is 52.1 Å². The summed E-state index contributed by atoms with van der Waals surface area (Å²) in [5.41, 5.74) is 7.26. The number of hydrogen-bond donors (Lipinski definition) is 4. The molecule has 0 saturated heterocycles. The van der Waals surface area contributed by atoms with Crippen molar-refractivity contribution in [1.82, 2.24) is 10.6 Å². The summed E-state index contributed by atoms with van der Waals surface area (Å²) in [4.78, 5) is 57.6. The molecule has 0 bridgehead atoms. The molecule has 0 fully saturated rings. The molecule has 9 aromatic carbocycles. The number of nitrogens with one attached hydrogen (secondary N) is 4. The van der Waals surface area contributed by atoms with Crippen LogP contribution in [0.5, 0.6) is 23.0 Å². The van der Waals surface area contributed by atoms with E-state index in [0.29, 0.717) is 56.6 Å². The smallest absolute Gasteiger partial charge is 0.259 e. The summed E-state index contributed by atoms with van der Waals surface area (Å²) >= 11 is 0. The normalized spacial score (nSPS) is 12.2. The highest BCUT2D eigenvalue weighted by molar-refractivity contribution is 6.18. The van der Waals surface area contributed by atoms with Gasteiger partial charge < -0.3 is 40.2 Å². The summed E-state index contributed by atoms with van der Waals surface area (Å²) in [5.74, 6) is 0.00292. The van der Waals surface area contributed by atoms with Gasteiger partial charge in [0.15, 0.2) is 0 Å². The number of methoxy groups -OCH3 is 4. The average molecular weight is 1100 g/mol. The van der Waals surface area contributed by atoms with Crippen molar-refractivity contribution in [2.45, 2.75) is 67.5 Å². The van der Waals surface area contributed by atoms with Crippen LogP contribution in [-0.2, 0) is 9.59 Å². The van der Waals surface area contributed by atoms with E-state index in [-0.39, 0.29) is 46.8 Å². The van der Waals surface area contributed by atoms with E-state index in [2.05, 4.69) is 21.3 Å². The van der Waals surface area contributed by atoms with Crippen molar-refractivity contribution in [3.8, 4) is 67.5 Å². The SMILES string of the molecule is COc1cc(-c2cccc3cccc(-c4ccc(-c5cccc6cccc(-c7cc(OC)c(C(=O)N[C@H](C)c8ccccc8)c(OC)c7)c56)c(NC(=O)C(C)(C)C)c4NC(=O)C(C)(C)C)c23)cc(OC)c1C(=O)N[C@H](C)c1ccccc1. The zero-order valence-corrected chi connectivity index (χ0v) is 48.6. The Labute approximate surface area is 480 Å². The number of fused-ring (bicyclic) bond motifs is 2. The number of benzene rings is 9. The van der Waals surface area contributed by atoms with Crippen LogP contribution in [0, 0.1) is 10.8 Å². The monoisotopic (exact) mass is 1090 g/mol. The lowest BCUT2D eigenvalue weighted by Crippen LogP contribution is -2.31. The van der Waals surface area contributed by atoms with Crippen LogP contribution in [0.15, 0.2) is 170 Å². The molecule has 0 aromatic heterocycles. The minimum atomic E-state index is -0.865. The van der Waals surface area contributed by atoms with Crippen LogP contribution >= 0.6 is 0 Å². The Morgan fingerprint density at radius 1 is 0.378 bits per heavy atom. The van der Waals surface area contributed by atoms with Gasteiger partial charge in [-0.05, 0) is 104 Å². The van der Waals surface area contributed by atoms with Crippen molar-refractivity contribution in [2.75, 3.05) is 39.1 Å². The number of rotatable bonds is 16. The molecule has 0 heterocycles. The molecule has 12 nitrogen and oxygen atoms in total. The highest BCUT2D eigenvalue weighted by Gasteiger charge is 2.31. The maximum atomic E-state index is 14.7. The van der Waals surface area contributed by atoms with E-state index >= 15 is 0 Å². The first kappa shape index (κ1) is 57.3. The maximum absolute atomic E-state index is 14.7.